The van der Waals surface area contributed by atoms with Gasteiger partial charge in [-0.2, -0.15) is 13.2 Å². The summed E-state index contributed by atoms with van der Waals surface area (Å²) in [5.41, 5.74) is 4.18. The molecular weight excluding hydrogens is 373 g/mol. The number of rotatable bonds is 2. The van der Waals surface area contributed by atoms with Gasteiger partial charge in [-0.05, 0) is 23.8 Å². The van der Waals surface area contributed by atoms with Crippen molar-refractivity contribution in [2.45, 2.75) is 6.18 Å². The predicted octanol–water partition coefficient (Wildman–Crippen LogP) is 4.94. The normalized spacial score (nSPS) is 15.0. The lowest BCUT2D eigenvalue weighted by Crippen LogP contribution is -2.58. The van der Waals surface area contributed by atoms with Gasteiger partial charge in [0, 0.05) is 34.3 Å². The lowest BCUT2D eigenvalue weighted by molar-refractivity contribution is -0.342. The molecule has 1 aliphatic heterocycles. The van der Waals surface area contributed by atoms with E-state index in [1.54, 1.807) is 24.5 Å². The Balaban J connectivity index is 1.89. The molecule has 5 heteroatoms. The minimum Gasteiger partial charge on any atom is -0.361 e. The van der Waals surface area contributed by atoms with E-state index in [2.05, 4.69) is 9.98 Å². The number of alkyl halides is 3. The molecule has 2 heterocycles. The first-order valence-corrected chi connectivity index (χ1v) is 9.20. The van der Waals surface area contributed by atoms with Crippen LogP contribution in [0, 0.1) is 0 Å². The number of benzene rings is 3. The monoisotopic (exact) mass is 389 g/mol. The van der Waals surface area contributed by atoms with Crippen molar-refractivity contribution >= 4 is 34.0 Å². The van der Waals surface area contributed by atoms with Gasteiger partial charge in [-0.15, -0.1) is 0 Å². The summed E-state index contributed by atoms with van der Waals surface area (Å²) in [5, 5.41) is 0.879. The van der Waals surface area contributed by atoms with E-state index in [4.69, 9.17) is 0 Å². The second-order valence-electron chi connectivity index (χ2n) is 6.91. The van der Waals surface area contributed by atoms with Gasteiger partial charge in [-0.1, -0.05) is 48.5 Å². The molecule has 2 nitrogen and oxygen atoms in total. The number of aromatic nitrogens is 1. The van der Waals surface area contributed by atoms with E-state index in [9.17, 15) is 13.2 Å². The zero-order valence-electron chi connectivity index (χ0n) is 15.2. The highest BCUT2D eigenvalue weighted by Crippen LogP contribution is 2.42. The second kappa shape index (κ2) is 6.48. The smallest absolute Gasteiger partial charge is 0.361 e. The molecule has 1 aromatic heterocycles. The summed E-state index contributed by atoms with van der Waals surface area (Å²) in [6, 6.07) is 21.0. The first-order valence-electron chi connectivity index (χ1n) is 9.20. The fourth-order valence-electron chi connectivity index (χ4n) is 3.94. The van der Waals surface area contributed by atoms with Crippen molar-refractivity contribution in [1.82, 2.24) is 4.98 Å². The number of H-pyrrole nitrogens is 1. The van der Waals surface area contributed by atoms with Crippen LogP contribution in [0.4, 0.5) is 18.9 Å². The Morgan fingerprint density at radius 1 is 0.793 bits per heavy atom. The topological polar surface area (TPSA) is 29.8 Å². The van der Waals surface area contributed by atoms with Gasteiger partial charge in [-0.3, -0.25) is 0 Å². The van der Waals surface area contributed by atoms with E-state index in [-0.39, 0.29) is 5.56 Å². The molecule has 0 saturated carbocycles. The van der Waals surface area contributed by atoms with Crippen molar-refractivity contribution in [3.8, 4) is 0 Å². The summed E-state index contributed by atoms with van der Waals surface area (Å²) in [5.74, 6) is 0. The van der Waals surface area contributed by atoms with E-state index in [0.717, 1.165) is 39.4 Å². The molecule has 0 fully saturated rings. The van der Waals surface area contributed by atoms with Gasteiger partial charge < -0.3 is 4.98 Å². The lowest BCUT2D eigenvalue weighted by Gasteiger charge is -2.16. The molecule has 2 N–H and O–H groups in total. The highest BCUT2D eigenvalue weighted by atomic mass is 19.4. The molecular formula is C24H16F3N2+. The molecule has 0 saturated heterocycles. The molecule has 0 spiro atoms. The van der Waals surface area contributed by atoms with Gasteiger partial charge in [0.1, 0.15) is 0 Å². The standard InChI is InChI=1S/C24H15F3N2/c25-24(26,27)20-10-4-1-9-17(20)23(18-13-28-21-11-5-2-7-15(18)21)19-14-29-22-12-6-3-8-16(19)22/h1-14,28H/p+1/b23-19+. The molecule has 4 aromatic rings. The van der Waals surface area contributed by atoms with Crippen molar-refractivity contribution in [3.63, 3.8) is 0 Å². The van der Waals surface area contributed by atoms with Crippen molar-refractivity contribution < 1.29 is 18.2 Å². The predicted molar refractivity (Wildman–Crippen MR) is 109 cm³/mol. The van der Waals surface area contributed by atoms with Crippen LogP contribution in [-0.2, 0) is 6.18 Å². The zero-order valence-corrected chi connectivity index (χ0v) is 15.2. The molecule has 0 bridgehead atoms. The molecule has 0 radical (unpaired) electrons. The van der Waals surface area contributed by atoms with Crippen LogP contribution in [0.5, 0.6) is 0 Å². The Labute approximate surface area is 165 Å². The van der Waals surface area contributed by atoms with Gasteiger partial charge in [0.2, 0.25) is 5.69 Å². The first-order chi connectivity index (χ1) is 14.0. The molecule has 0 amide bonds. The first kappa shape index (κ1) is 17.5. The Kier molecular flexibility index (Phi) is 3.91. The minimum absolute atomic E-state index is 0.162. The van der Waals surface area contributed by atoms with Gasteiger partial charge >= 0.3 is 6.18 Å². The highest BCUT2D eigenvalue weighted by molar-refractivity contribution is 6.25. The van der Waals surface area contributed by atoms with Crippen molar-refractivity contribution in [2.24, 2.45) is 0 Å². The molecule has 0 aliphatic carbocycles. The Hall–Kier alpha value is -3.60. The minimum atomic E-state index is -4.46. The summed E-state index contributed by atoms with van der Waals surface area (Å²) in [4.78, 5) is 6.39. The van der Waals surface area contributed by atoms with Gasteiger partial charge in [0.25, 0.3) is 0 Å². The third-order valence-corrected chi connectivity index (χ3v) is 5.22. The van der Waals surface area contributed by atoms with E-state index < -0.39 is 11.7 Å². The van der Waals surface area contributed by atoms with Crippen LogP contribution < -0.4 is 4.99 Å². The van der Waals surface area contributed by atoms with Gasteiger partial charge in [0.05, 0.1) is 16.7 Å². The third-order valence-electron chi connectivity index (χ3n) is 5.22. The van der Waals surface area contributed by atoms with E-state index in [1.165, 1.54) is 6.07 Å². The number of hydrogen-bond acceptors (Lipinski definition) is 0. The number of nitrogens with one attached hydrogen (secondary N) is 2. The van der Waals surface area contributed by atoms with Crippen molar-refractivity contribution in [3.05, 3.63) is 101 Å². The molecule has 0 unspecified atom stereocenters. The van der Waals surface area contributed by atoms with Crippen molar-refractivity contribution in [2.75, 3.05) is 0 Å². The van der Waals surface area contributed by atoms with Crippen LogP contribution >= 0.6 is 0 Å². The largest absolute Gasteiger partial charge is 0.417 e. The molecule has 0 atom stereocenters. The summed E-state index contributed by atoms with van der Waals surface area (Å²) >= 11 is 0. The average molecular weight is 389 g/mol. The average Bonchev–Trinajstić information content (AvgIpc) is 3.34. The summed E-state index contributed by atoms with van der Waals surface area (Å²) in [7, 11) is 0. The van der Waals surface area contributed by atoms with Crippen LogP contribution in [0.25, 0.3) is 22.0 Å². The quantitative estimate of drug-likeness (QED) is 0.486. The maximum absolute atomic E-state index is 13.9. The maximum atomic E-state index is 13.9. The molecule has 1 aliphatic rings. The lowest BCUT2D eigenvalue weighted by atomic mass is 9.87. The Morgan fingerprint density at radius 3 is 2.38 bits per heavy atom. The summed E-state index contributed by atoms with van der Waals surface area (Å²) < 4.78 is 41.7. The van der Waals surface area contributed by atoms with E-state index in [0.29, 0.717) is 5.57 Å². The number of allylic oxidation sites excluding steroid dienone is 1. The zero-order chi connectivity index (χ0) is 20.0. The van der Waals surface area contributed by atoms with Crippen LogP contribution in [0.2, 0.25) is 0 Å². The van der Waals surface area contributed by atoms with Gasteiger partial charge in [-0.25, -0.2) is 4.99 Å². The fraction of sp³-hybridized carbons (Fsp3) is 0.0417. The number of fused-ring (bicyclic) bond motifs is 2. The molecule has 142 valence electrons. The Bertz CT molecular complexity index is 1290. The second-order valence-corrected chi connectivity index (χ2v) is 6.91. The van der Waals surface area contributed by atoms with Crippen LogP contribution in [0.3, 0.4) is 0 Å². The molecule has 29 heavy (non-hydrogen) atoms. The summed E-state index contributed by atoms with van der Waals surface area (Å²) in [6.45, 7) is 0. The van der Waals surface area contributed by atoms with Gasteiger partial charge in [0.15, 0.2) is 6.21 Å². The summed E-state index contributed by atoms with van der Waals surface area (Å²) in [6.07, 6.45) is -0.885. The maximum Gasteiger partial charge on any atom is 0.417 e. The number of hydrogen-bond donors (Lipinski definition) is 2. The SMILES string of the molecule is FC(F)(F)c1ccccc1/C(=C1/C=[NH+]c2ccccc21)c1c[nH]c2ccccc12. The van der Waals surface area contributed by atoms with Crippen LogP contribution in [0.1, 0.15) is 22.3 Å². The van der Waals surface area contributed by atoms with Crippen LogP contribution in [0.15, 0.2) is 79.0 Å². The highest BCUT2D eigenvalue weighted by Gasteiger charge is 2.36. The number of para-hydroxylation sites is 2. The van der Waals surface area contributed by atoms with E-state index in [1.807, 2.05) is 48.5 Å². The van der Waals surface area contributed by atoms with E-state index >= 15 is 0 Å². The molecule has 3 aromatic carbocycles. The number of halogens is 3. The number of aromatic amines is 1. The van der Waals surface area contributed by atoms with Crippen LogP contribution in [-0.4, -0.2) is 11.2 Å². The Morgan fingerprint density at radius 2 is 1.52 bits per heavy atom. The molecule has 5 rings (SSSR count). The van der Waals surface area contributed by atoms with Crippen molar-refractivity contribution in [1.29, 1.82) is 0 Å². The third kappa shape index (κ3) is 2.86. The fourth-order valence-corrected chi connectivity index (χ4v) is 3.94.